The lowest BCUT2D eigenvalue weighted by atomic mass is 10.1. The van der Waals surface area contributed by atoms with Gasteiger partial charge >= 0.3 is 11.9 Å². The molecule has 3 unspecified atom stereocenters. The number of carbonyl (C=O) groups excluding carboxylic acids is 5. The van der Waals surface area contributed by atoms with Crippen molar-refractivity contribution in [2.75, 3.05) is 37.6 Å². The minimum Gasteiger partial charge on any atom is -0.467 e. The Bertz CT molecular complexity index is 1670. The predicted octanol–water partition coefficient (Wildman–Crippen LogP) is 1.80. The minimum absolute atomic E-state index is 0.00434. The van der Waals surface area contributed by atoms with E-state index in [1.165, 1.54) is 14.2 Å². The maximum atomic E-state index is 13.5. The summed E-state index contributed by atoms with van der Waals surface area (Å²) >= 11 is 0. The fraction of sp³-hybridized carbons (Fsp3) is 0.500. The molecule has 17 heteroatoms. The van der Waals surface area contributed by atoms with Crippen molar-refractivity contribution in [2.24, 2.45) is 0 Å². The Labute approximate surface area is 296 Å². The summed E-state index contributed by atoms with van der Waals surface area (Å²) in [6.07, 6.45) is 4.94. The Morgan fingerprint density at radius 2 is 1.41 bits per heavy atom. The molecule has 0 spiro atoms. The molecule has 3 amide bonds. The van der Waals surface area contributed by atoms with Gasteiger partial charge in [0.05, 0.1) is 32.7 Å². The van der Waals surface area contributed by atoms with E-state index in [4.69, 9.17) is 20.9 Å². The van der Waals surface area contributed by atoms with Crippen molar-refractivity contribution >= 4 is 58.3 Å². The Kier molecular flexibility index (Phi) is 15.3. The van der Waals surface area contributed by atoms with Gasteiger partial charge < -0.3 is 41.8 Å². The van der Waals surface area contributed by atoms with Crippen molar-refractivity contribution < 1.29 is 33.4 Å². The number of ether oxygens (including phenoxy) is 2. The molecule has 2 aromatic heterocycles. The van der Waals surface area contributed by atoms with Gasteiger partial charge in [-0.1, -0.05) is 39.5 Å². The Balaban J connectivity index is 1.74. The zero-order valence-corrected chi connectivity index (χ0v) is 29.7. The van der Waals surface area contributed by atoms with Crippen LogP contribution in [0.4, 0.5) is 17.5 Å². The van der Waals surface area contributed by atoms with E-state index >= 15 is 0 Å². The maximum absolute atomic E-state index is 13.5. The molecule has 0 saturated carbocycles. The number of fused-ring (bicyclic) bond motifs is 1. The van der Waals surface area contributed by atoms with Crippen LogP contribution in [0.1, 0.15) is 81.3 Å². The van der Waals surface area contributed by atoms with Gasteiger partial charge in [0.15, 0.2) is 17.0 Å². The first kappa shape index (κ1) is 39.8. The van der Waals surface area contributed by atoms with Crippen molar-refractivity contribution in [2.45, 2.75) is 89.9 Å². The van der Waals surface area contributed by atoms with Crippen molar-refractivity contribution in [3.8, 4) is 0 Å². The summed E-state index contributed by atoms with van der Waals surface area (Å²) in [7, 11) is 4.30. The normalized spacial score (nSPS) is 12.6. The van der Waals surface area contributed by atoms with Crippen LogP contribution >= 0.6 is 0 Å². The molecule has 0 aliphatic heterocycles. The van der Waals surface area contributed by atoms with Crippen LogP contribution in [-0.2, 0) is 35.2 Å². The second kappa shape index (κ2) is 19.5. The van der Waals surface area contributed by atoms with Gasteiger partial charge in [-0.25, -0.2) is 19.6 Å². The van der Waals surface area contributed by atoms with E-state index in [2.05, 4.69) is 35.9 Å². The van der Waals surface area contributed by atoms with Gasteiger partial charge in [0.2, 0.25) is 17.8 Å². The van der Waals surface area contributed by atoms with Crippen LogP contribution < -0.4 is 32.3 Å². The van der Waals surface area contributed by atoms with E-state index < -0.39 is 47.8 Å². The monoisotopic (exact) mass is 708 g/mol. The molecule has 0 saturated heterocycles. The second-order valence-corrected chi connectivity index (χ2v) is 12.0. The average molecular weight is 709 g/mol. The van der Waals surface area contributed by atoms with Crippen molar-refractivity contribution in [1.82, 2.24) is 35.9 Å². The molecule has 0 bridgehead atoms. The number of hydrogen-bond acceptors (Lipinski definition) is 14. The number of esters is 2. The number of nitrogen functional groups attached to an aromatic ring is 2. The SMILES string of the molecule is CCCCC(NC(=O)CCC(NC(=O)c1ccc(N(C)Cc2cnc3nc(N)nc(N)c3n2)cc1)C(=O)NC(CCCC)C(=O)OC)C(=O)OC. The molecule has 0 fully saturated rings. The van der Waals surface area contributed by atoms with Crippen LogP contribution in [0.25, 0.3) is 11.2 Å². The first-order chi connectivity index (χ1) is 24.4. The summed E-state index contributed by atoms with van der Waals surface area (Å²) in [6, 6.07) is 3.69. The molecule has 17 nitrogen and oxygen atoms in total. The molecule has 2 heterocycles. The van der Waals surface area contributed by atoms with Gasteiger partial charge in [-0.3, -0.25) is 14.4 Å². The van der Waals surface area contributed by atoms with E-state index in [0.29, 0.717) is 43.4 Å². The second-order valence-electron chi connectivity index (χ2n) is 12.0. The van der Waals surface area contributed by atoms with Crippen LogP contribution in [-0.4, -0.2) is 89.0 Å². The Morgan fingerprint density at radius 1 is 0.804 bits per heavy atom. The van der Waals surface area contributed by atoms with Crippen molar-refractivity contribution in [3.05, 3.63) is 41.7 Å². The van der Waals surface area contributed by atoms with E-state index in [9.17, 15) is 24.0 Å². The van der Waals surface area contributed by atoms with Gasteiger partial charge in [0.1, 0.15) is 18.1 Å². The number of rotatable bonds is 19. The topological polar surface area (TPSA) is 247 Å². The lowest BCUT2D eigenvalue weighted by Gasteiger charge is -2.23. The van der Waals surface area contributed by atoms with Gasteiger partial charge in [-0.2, -0.15) is 9.97 Å². The highest BCUT2D eigenvalue weighted by molar-refractivity contribution is 5.98. The van der Waals surface area contributed by atoms with Gasteiger partial charge in [0.25, 0.3) is 5.91 Å². The standard InChI is InChI=1S/C34H48N10O7/c1-6-8-10-24(32(48)50-4)39-26(45)17-16-23(31(47)41-25(11-9-7-2)33(49)51-5)40-30(46)20-12-14-22(15-13-20)44(3)19-21-18-37-29-27(38-21)28(35)42-34(36)43-29/h12-15,18,23-25H,6-11,16-17,19H2,1-5H3,(H,39,45)(H,40,46)(H,41,47)(H4,35,36,37,42,43). The number of unbranched alkanes of at least 4 members (excludes halogenated alkanes) is 2. The van der Waals surface area contributed by atoms with Crippen LogP contribution in [0, 0.1) is 0 Å². The smallest absolute Gasteiger partial charge is 0.328 e. The zero-order chi connectivity index (χ0) is 37.5. The highest BCUT2D eigenvalue weighted by Gasteiger charge is 2.29. The fourth-order valence-electron chi connectivity index (χ4n) is 5.18. The molecular weight excluding hydrogens is 660 g/mol. The van der Waals surface area contributed by atoms with Crippen molar-refractivity contribution in [3.63, 3.8) is 0 Å². The number of aromatic nitrogens is 4. The summed E-state index contributed by atoms with van der Waals surface area (Å²) in [5.74, 6) is -2.78. The molecule has 3 aromatic rings. The fourth-order valence-corrected chi connectivity index (χ4v) is 5.18. The van der Waals surface area contributed by atoms with E-state index in [1.807, 2.05) is 25.8 Å². The van der Waals surface area contributed by atoms with Crippen LogP contribution in [0.2, 0.25) is 0 Å². The summed E-state index contributed by atoms with van der Waals surface area (Å²) in [6.45, 7) is 4.25. The van der Waals surface area contributed by atoms with Gasteiger partial charge in [-0.05, 0) is 43.5 Å². The number of methoxy groups -OCH3 is 2. The molecule has 0 radical (unpaired) electrons. The molecule has 7 N–H and O–H groups in total. The quantitative estimate of drug-likeness (QED) is 0.112. The van der Waals surface area contributed by atoms with Gasteiger partial charge in [-0.15, -0.1) is 0 Å². The number of amides is 3. The number of nitrogens with zero attached hydrogens (tertiary/aromatic N) is 5. The summed E-state index contributed by atoms with van der Waals surface area (Å²) in [4.78, 5) is 83.1. The number of carbonyl (C=O) groups is 5. The van der Waals surface area contributed by atoms with Crippen LogP contribution in [0.5, 0.6) is 0 Å². The Hall–Kier alpha value is -5.61. The molecule has 0 aliphatic rings. The molecule has 0 aliphatic carbocycles. The highest BCUT2D eigenvalue weighted by atomic mass is 16.5. The third-order valence-corrected chi connectivity index (χ3v) is 8.07. The minimum atomic E-state index is -1.19. The molecular formula is C34H48N10O7. The van der Waals surface area contributed by atoms with E-state index in [-0.39, 0.29) is 35.8 Å². The Morgan fingerprint density at radius 3 is 2.00 bits per heavy atom. The maximum Gasteiger partial charge on any atom is 0.328 e. The summed E-state index contributed by atoms with van der Waals surface area (Å²) < 4.78 is 9.69. The lowest BCUT2D eigenvalue weighted by molar-refractivity contribution is -0.145. The zero-order valence-electron chi connectivity index (χ0n) is 29.7. The lowest BCUT2D eigenvalue weighted by Crippen LogP contribution is -2.52. The molecule has 51 heavy (non-hydrogen) atoms. The molecule has 276 valence electrons. The number of nitrogens with two attached hydrogens (primary N) is 2. The highest BCUT2D eigenvalue weighted by Crippen LogP contribution is 2.19. The number of hydrogen-bond donors (Lipinski definition) is 5. The molecule has 1 aromatic carbocycles. The molecule has 3 rings (SSSR count). The summed E-state index contributed by atoms with van der Waals surface area (Å²) in [5, 5.41) is 8.04. The van der Waals surface area contributed by atoms with Gasteiger partial charge in [0, 0.05) is 24.7 Å². The number of anilines is 3. The first-order valence-corrected chi connectivity index (χ1v) is 16.8. The predicted molar refractivity (Wildman–Crippen MR) is 190 cm³/mol. The van der Waals surface area contributed by atoms with E-state index in [0.717, 1.165) is 18.5 Å². The van der Waals surface area contributed by atoms with Crippen LogP contribution in [0.15, 0.2) is 30.5 Å². The third-order valence-electron chi connectivity index (χ3n) is 8.07. The third kappa shape index (κ3) is 11.8. The number of benzene rings is 1. The number of nitrogens with one attached hydrogen (secondary N) is 3. The first-order valence-electron chi connectivity index (χ1n) is 16.8. The van der Waals surface area contributed by atoms with E-state index in [1.54, 1.807) is 30.5 Å². The average Bonchev–Trinajstić information content (AvgIpc) is 3.12. The molecule has 3 atom stereocenters. The van der Waals surface area contributed by atoms with Crippen LogP contribution in [0.3, 0.4) is 0 Å². The van der Waals surface area contributed by atoms with Crippen molar-refractivity contribution in [1.29, 1.82) is 0 Å². The summed E-state index contributed by atoms with van der Waals surface area (Å²) in [5.41, 5.74) is 13.8. The largest absolute Gasteiger partial charge is 0.467 e.